The number of carbonyl (C=O) groups is 1. The highest BCUT2D eigenvalue weighted by Gasteiger charge is 2.37. The summed E-state index contributed by atoms with van der Waals surface area (Å²) in [6.07, 6.45) is 8.99. The molecule has 2 aliphatic rings. The molecule has 2 fully saturated rings. The van der Waals surface area contributed by atoms with E-state index in [9.17, 15) is 4.79 Å². The van der Waals surface area contributed by atoms with E-state index < -0.39 is 0 Å². The van der Waals surface area contributed by atoms with Gasteiger partial charge in [0.15, 0.2) is 0 Å². The van der Waals surface area contributed by atoms with E-state index in [1.807, 2.05) is 0 Å². The first-order valence-corrected chi connectivity index (χ1v) is 5.68. The minimum atomic E-state index is 0.180. The van der Waals surface area contributed by atoms with Crippen LogP contribution in [0.2, 0.25) is 0 Å². The van der Waals surface area contributed by atoms with E-state index in [-0.39, 0.29) is 5.60 Å². The Morgan fingerprint density at radius 1 is 1.21 bits per heavy atom. The number of carbonyl (C=O) groups excluding carboxylic acids is 1. The molecule has 80 valence electrons. The van der Waals surface area contributed by atoms with Gasteiger partial charge in [0.2, 0.25) is 6.41 Å². The van der Waals surface area contributed by atoms with Gasteiger partial charge >= 0.3 is 0 Å². The predicted molar refractivity (Wildman–Crippen MR) is 54.0 cm³/mol. The molecule has 1 aliphatic heterocycles. The van der Waals surface area contributed by atoms with Gasteiger partial charge in [-0.3, -0.25) is 4.79 Å². The Kier molecular flexibility index (Phi) is 3.06. The molecule has 1 N–H and O–H groups in total. The van der Waals surface area contributed by atoms with Crippen LogP contribution in [0.5, 0.6) is 0 Å². The molecule has 2 rings (SSSR count). The van der Waals surface area contributed by atoms with Gasteiger partial charge < -0.3 is 10.1 Å². The molecule has 1 heterocycles. The second kappa shape index (κ2) is 4.30. The van der Waals surface area contributed by atoms with Gasteiger partial charge in [-0.25, -0.2) is 0 Å². The molecular formula is C11H19NO2. The van der Waals surface area contributed by atoms with Crippen molar-refractivity contribution in [3.8, 4) is 0 Å². The zero-order chi connectivity index (χ0) is 9.86. The molecule has 3 heteroatoms. The lowest BCUT2D eigenvalue weighted by molar-refractivity contribution is -0.114. The van der Waals surface area contributed by atoms with E-state index >= 15 is 0 Å². The number of nitrogens with one attached hydrogen (secondary N) is 1. The van der Waals surface area contributed by atoms with Crippen molar-refractivity contribution in [3.05, 3.63) is 0 Å². The third-order valence-electron chi connectivity index (χ3n) is 3.64. The predicted octanol–water partition coefficient (Wildman–Crippen LogP) is 1.61. The summed E-state index contributed by atoms with van der Waals surface area (Å²) in [7, 11) is 0. The third-order valence-corrected chi connectivity index (χ3v) is 3.64. The summed E-state index contributed by atoms with van der Waals surface area (Å²) in [6, 6.07) is 0.392. The zero-order valence-corrected chi connectivity index (χ0v) is 8.63. The fourth-order valence-electron chi connectivity index (χ4n) is 2.71. The van der Waals surface area contributed by atoms with E-state index in [2.05, 4.69) is 5.32 Å². The Morgan fingerprint density at radius 3 is 2.57 bits per heavy atom. The first-order chi connectivity index (χ1) is 6.85. The van der Waals surface area contributed by atoms with Crippen molar-refractivity contribution >= 4 is 6.41 Å². The summed E-state index contributed by atoms with van der Waals surface area (Å²) in [5.74, 6) is 0. The van der Waals surface area contributed by atoms with Gasteiger partial charge in [0.25, 0.3) is 0 Å². The van der Waals surface area contributed by atoms with Crippen molar-refractivity contribution in [2.45, 2.75) is 56.6 Å². The van der Waals surface area contributed by atoms with Gasteiger partial charge in [-0.15, -0.1) is 0 Å². The standard InChI is InChI=1S/C11H19NO2/c13-9-12-10-3-6-11(7-4-10)5-1-2-8-14-11/h9-10H,1-8H2,(H,12,13). The Morgan fingerprint density at radius 2 is 2.00 bits per heavy atom. The van der Waals surface area contributed by atoms with Crippen LogP contribution in [0.25, 0.3) is 0 Å². The highest BCUT2D eigenvalue weighted by Crippen LogP contribution is 2.38. The minimum absolute atomic E-state index is 0.180. The molecule has 0 radical (unpaired) electrons. The fourth-order valence-corrected chi connectivity index (χ4v) is 2.71. The van der Waals surface area contributed by atoms with Crippen LogP contribution in [0.15, 0.2) is 0 Å². The normalized spacial score (nSPS) is 38.1. The second-order valence-electron chi connectivity index (χ2n) is 4.55. The number of amides is 1. The van der Waals surface area contributed by atoms with Crippen molar-refractivity contribution < 1.29 is 9.53 Å². The Hall–Kier alpha value is -0.570. The highest BCUT2D eigenvalue weighted by atomic mass is 16.5. The molecule has 0 unspecified atom stereocenters. The molecule has 0 aromatic carbocycles. The molecule has 1 saturated carbocycles. The largest absolute Gasteiger partial charge is 0.375 e. The number of hydrogen-bond acceptors (Lipinski definition) is 2. The van der Waals surface area contributed by atoms with Gasteiger partial charge in [-0.1, -0.05) is 0 Å². The first kappa shape index (κ1) is 9.97. The number of rotatable bonds is 2. The van der Waals surface area contributed by atoms with E-state index in [4.69, 9.17) is 4.74 Å². The van der Waals surface area contributed by atoms with Crippen molar-refractivity contribution in [2.75, 3.05) is 6.61 Å². The summed E-state index contributed by atoms with van der Waals surface area (Å²) < 4.78 is 5.92. The number of ether oxygens (including phenoxy) is 1. The molecule has 1 spiro atoms. The topological polar surface area (TPSA) is 38.3 Å². The summed E-state index contributed by atoms with van der Waals surface area (Å²) in [5.41, 5.74) is 0.180. The van der Waals surface area contributed by atoms with Gasteiger partial charge in [0.05, 0.1) is 5.60 Å². The lowest BCUT2D eigenvalue weighted by Gasteiger charge is -2.42. The van der Waals surface area contributed by atoms with Crippen LogP contribution in [0.3, 0.4) is 0 Å². The molecule has 0 atom stereocenters. The minimum Gasteiger partial charge on any atom is -0.375 e. The Labute approximate surface area is 85.2 Å². The lowest BCUT2D eigenvalue weighted by atomic mass is 9.78. The molecular weight excluding hydrogens is 178 g/mol. The fraction of sp³-hybridized carbons (Fsp3) is 0.909. The second-order valence-corrected chi connectivity index (χ2v) is 4.55. The van der Waals surface area contributed by atoms with Crippen LogP contribution in [0, 0.1) is 0 Å². The monoisotopic (exact) mass is 197 g/mol. The number of hydrogen-bond donors (Lipinski definition) is 1. The maximum atomic E-state index is 10.3. The summed E-state index contributed by atoms with van der Waals surface area (Å²) >= 11 is 0. The SMILES string of the molecule is O=CNC1CCC2(CCCCO2)CC1. The Bertz CT molecular complexity index is 189. The van der Waals surface area contributed by atoms with Gasteiger partial charge in [-0.2, -0.15) is 0 Å². The molecule has 0 aromatic rings. The highest BCUT2D eigenvalue weighted by molar-refractivity contribution is 5.46. The average Bonchev–Trinajstić information content (AvgIpc) is 2.24. The first-order valence-electron chi connectivity index (χ1n) is 5.68. The summed E-state index contributed by atoms with van der Waals surface area (Å²) in [6.45, 7) is 0.936. The smallest absolute Gasteiger partial charge is 0.207 e. The average molecular weight is 197 g/mol. The molecule has 1 amide bonds. The maximum Gasteiger partial charge on any atom is 0.207 e. The van der Waals surface area contributed by atoms with Gasteiger partial charge in [-0.05, 0) is 44.9 Å². The van der Waals surface area contributed by atoms with Crippen molar-refractivity contribution in [2.24, 2.45) is 0 Å². The van der Waals surface area contributed by atoms with Gasteiger partial charge in [0, 0.05) is 12.6 Å². The van der Waals surface area contributed by atoms with Crippen LogP contribution in [-0.4, -0.2) is 24.7 Å². The lowest BCUT2D eigenvalue weighted by Crippen LogP contribution is -2.44. The molecule has 1 aliphatic carbocycles. The van der Waals surface area contributed by atoms with Crippen molar-refractivity contribution in [3.63, 3.8) is 0 Å². The Balaban J connectivity index is 1.84. The zero-order valence-electron chi connectivity index (χ0n) is 8.63. The molecule has 1 saturated heterocycles. The molecule has 14 heavy (non-hydrogen) atoms. The van der Waals surface area contributed by atoms with Crippen molar-refractivity contribution in [1.29, 1.82) is 0 Å². The van der Waals surface area contributed by atoms with Gasteiger partial charge in [0.1, 0.15) is 0 Å². The van der Waals surface area contributed by atoms with Crippen molar-refractivity contribution in [1.82, 2.24) is 5.32 Å². The van der Waals surface area contributed by atoms with E-state index in [1.165, 1.54) is 19.3 Å². The molecule has 0 bridgehead atoms. The maximum absolute atomic E-state index is 10.3. The van der Waals surface area contributed by atoms with Crippen LogP contribution in [0.4, 0.5) is 0 Å². The van der Waals surface area contributed by atoms with E-state index in [0.29, 0.717) is 6.04 Å². The third kappa shape index (κ3) is 2.08. The van der Waals surface area contributed by atoms with E-state index in [1.54, 1.807) is 0 Å². The molecule has 0 aromatic heterocycles. The summed E-state index contributed by atoms with van der Waals surface area (Å²) in [5, 5.41) is 2.87. The van der Waals surface area contributed by atoms with Crippen LogP contribution in [0.1, 0.15) is 44.9 Å². The van der Waals surface area contributed by atoms with E-state index in [0.717, 1.165) is 38.7 Å². The molecule has 3 nitrogen and oxygen atoms in total. The van der Waals surface area contributed by atoms with Crippen LogP contribution in [-0.2, 0) is 9.53 Å². The van der Waals surface area contributed by atoms with Crippen LogP contribution < -0.4 is 5.32 Å². The summed E-state index contributed by atoms with van der Waals surface area (Å²) in [4.78, 5) is 10.3. The quantitative estimate of drug-likeness (QED) is 0.683. The van der Waals surface area contributed by atoms with Crippen LogP contribution >= 0.6 is 0 Å².